The van der Waals surface area contributed by atoms with Crippen molar-refractivity contribution in [3.05, 3.63) is 66.1 Å². The summed E-state index contributed by atoms with van der Waals surface area (Å²) in [6.45, 7) is 8.35. The number of para-hydroxylation sites is 1. The molecule has 7 nitrogen and oxygen atoms in total. The molecule has 1 aliphatic rings. The molecule has 1 aromatic carbocycles. The van der Waals surface area contributed by atoms with E-state index >= 15 is 0 Å². The van der Waals surface area contributed by atoms with Gasteiger partial charge in [-0.15, -0.1) is 0 Å². The Morgan fingerprint density at radius 2 is 1.77 bits per heavy atom. The molecule has 1 aliphatic heterocycles. The zero-order valence-electron chi connectivity index (χ0n) is 17.2. The molecule has 0 aliphatic carbocycles. The molecule has 152 valence electrons. The van der Waals surface area contributed by atoms with E-state index in [9.17, 15) is 0 Å². The van der Waals surface area contributed by atoms with Crippen LogP contribution in [0.5, 0.6) is 0 Å². The molecule has 0 radical (unpaired) electrons. The maximum absolute atomic E-state index is 5.76. The van der Waals surface area contributed by atoms with E-state index in [0.717, 1.165) is 72.4 Å². The molecule has 5 rings (SSSR count). The van der Waals surface area contributed by atoms with Crippen molar-refractivity contribution in [2.45, 2.75) is 20.4 Å². The maximum atomic E-state index is 5.76. The summed E-state index contributed by atoms with van der Waals surface area (Å²) in [5.41, 5.74) is 2.85. The van der Waals surface area contributed by atoms with Gasteiger partial charge < -0.3 is 9.32 Å². The van der Waals surface area contributed by atoms with Crippen molar-refractivity contribution in [1.29, 1.82) is 0 Å². The minimum atomic E-state index is 0.713. The third-order valence-electron chi connectivity index (χ3n) is 5.61. The lowest BCUT2D eigenvalue weighted by atomic mass is 10.2. The van der Waals surface area contributed by atoms with Gasteiger partial charge >= 0.3 is 0 Å². The van der Waals surface area contributed by atoms with Crippen LogP contribution in [0.2, 0.25) is 0 Å². The van der Waals surface area contributed by atoms with Crippen LogP contribution in [-0.4, -0.2) is 51.0 Å². The van der Waals surface area contributed by atoms with E-state index in [-0.39, 0.29) is 0 Å². The minimum Gasteiger partial charge on any atom is -0.444 e. The number of piperazine rings is 1. The smallest absolute Gasteiger partial charge is 0.208 e. The normalized spacial score (nSPS) is 15.1. The van der Waals surface area contributed by atoms with Crippen LogP contribution in [-0.2, 0) is 6.54 Å². The molecule has 4 aromatic rings. The number of benzene rings is 1. The highest BCUT2D eigenvalue weighted by atomic mass is 16.4. The number of rotatable bonds is 4. The van der Waals surface area contributed by atoms with Crippen molar-refractivity contribution in [2.24, 2.45) is 0 Å². The van der Waals surface area contributed by atoms with E-state index in [1.165, 1.54) is 0 Å². The molecule has 3 aromatic heterocycles. The molecular formula is C23H24N6O. The Morgan fingerprint density at radius 1 is 0.933 bits per heavy atom. The van der Waals surface area contributed by atoms with Crippen LogP contribution in [0.1, 0.15) is 17.3 Å². The van der Waals surface area contributed by atoms with E-state index in [2.05, 4.69) is 25.8 Å². The first-order chi connectivity index (χ1) is 14.7. The lowest BCUT2D eigenvalue weighted by Gasteiger charge is -2.35. The molecule has 1 saturated heterocycles. The van der Waals surface area contributed by atoms with Gasteiger partial charge in [-0.05, 0) is 38.1 Å². The van der Waals surface area contributed by atoms with Crippen molar-refractivity contribution in [3.63, 3.8) is 0 Å². The Kier molecular flexibility index (Phi) is 4.88. The van der Waals surface area contributed by atoms with Gasteiger partial charge in [-0.1, -0.05) is 12.1 Å². The van der Waals surface area contributed by atoms with Gasteiger partial charge in [-0.25, -0.2) is 15.0 Å². The summed E-state index contributed by atoms with van der Waals surface area (Å²) in [7, 11) is 0. The summed E-state index contributed by atoms with van der Waals surface area (Å²) >= 11 is 0. The quantitative estimate of drug-likeness (QED) is 0.518. The van der Waals surface area contributed by atoms with Gasteiger partial charge in [-0.3, -0.25) is 9.88 Å². The van der Waals surface area contributed by atoms with Crippen LogP contribution in [0.3, 0.4) is 0 Å². The van der Waals surface area contributed by atoms with Crippen LogP contribution in [0.25, 0.3) is 22.3 Å². The minimum absolute atomic E-state index is 0.713. The van der Waals surface area contributed by atoms with Crippen LogP contribution in [0.15, 0.2) is 53.2 Å². The standard InChI is InChI=1S/C23H24N6O/c1-16-17(2)30-21(25-16)15-28-10-12-29(13-11-28)23-19-7-3-4-8-20(19)26-22(27-23)18-6-5-9-24-14-18/h3-9,14H,10-13,15H2,1-2H3. The largest absolute Gasteiger partial charge is 0.444 e. The fourth-order valence-electron chi connectivity index (χ4n) is 3.84. The van der Waals surface area contributed by atoms with Crippen molar-refractivity contribution < 1.29 is 4.42 Å². The van der Waals surface area contributed by atoms with Crippen LogP contribution in [0, 0.1) is 13.8 Å². The molecule has 7 heteroatoms. The van der Waals surface area contributed by atoms with Gasteiger partial charge in [0.15, 0.2) is 5.82 Å². The second-order valence-corrected chi connectivity index (χ2v) is 7.64. The van der Waals surface area contributed by atoms with Crippen molar-refractivity contribution in [1.82, 2.24) is 24.8 Å². The number of aryl methyl sites for hydroxylation is 2. The number of oxazole rings is 1. The lowest BCUT2D eigenvalue weighted by molar-refractivity contribution is 0.224. The number of hydrogen-bond donors (Lipinski definition) is 0. The molecule has 30 heavy (non-hydrogen) atoms. The lowest BCUT2D eigenvalue weighted by Crippen LogP contribution is -2.46. The average molecular weight is 400 g/mol. The van der Waals surface area contributed by atoms with Crippen molar-refractivity contribution in [2.75, 3.05) is 31.1 Å². The number of fused-ring (bicyclic) bond motifs is 1. The summed E-state index contributed by atoms with van der Waals surface area (Å²) in [6, 6.07) is 12.1. The number of pyridine rings is 1. The third-order valence-corrected chi connectivity index (χ3v) is 5.61. The molecule has 0 bridgehead atoms. The van der Waals surface area contributed by atoms with Gasteiger partial charge in [0.2, 0.25) is 5.89 Å². The topological polar surface area (TPSA) is 71.2 Å². The molecule has 0 atom stereocenters. The maximum Gasteiger partial charge on any atom is 0.208 e. The number of nitrogens with zero attached hydrogens (tertiary/aromatic N) is 6. The zero-order valence-corrected chi connectivity index (χ0v) is 17.2. The number of aromatic nitrogens is 4. The summed E-state index contributed by atoms with van der Waals surface area (Å²) in [5.74, 6) is 3.40. The first kappa shape index (κ1) is 18.7. The predicted molar refractivity (Wildman–Crippen MR) is 116 cm³/mol. The fraction of sp³-hybridized carbons (Fsp3) is 0.304. The molecule has 0 unspecified atom stereocenters. The molecular weight excluding hydrogens is 376 g/mol. The van der Waals surface area contributed by atoms with Gasteiger partial charge in [0.25, 0.3) is 0 Å². The molecule has 0 spiro atoms. The van der Waals surface area contributed by atoms with Crippen LogP contribution < -0.4 is 4.90 Å². The first-order valence-corrected chi connectivity index (χ1v) is 10.2. The molecule has 1 fully saturated rings. The van der Waals surface area contributed by atoms with Gasteiger partial charge in [0.1, 0.15) is 11.6 Å². The number of anilines is 1. The van der Waals surface area contributed by atoms with E-state index in [1.54, 1.807) is 6.20 Å². The average Bonchev–Trinajstić information content (AvgIpc) is 3.10. The molecule has 0 saturated carbocycles. The molecule has 4 heterocycles. The Labute approximate surface area is 175 Å². The molecule has 0 amide bonds. The summed E-state index contributed by atoms with van der Waals surface area (Å²) in [6.07, 6.45) is 3.58. The zero-order chi connectivity index (χ0) is 20.5. The van der Waals surface area contributed by atoms with Crippen molar-refractivity contribution >= 4 is 16.7 Å². The van der Waals surface area contributed by atoms with E-state index in [4.69, 9.17) is 14.4 Å². The van der Waals surface area contributed by atoms with Gasteiger partial charge in [-0.2, -0.15) is 0 Å². The predicted octanol–water partition coefficient (Wildman–Crippen LogP) is 3.62. The second kappa shape index (κ2) is 7.84. The first-order valence-electron chi connectivity index (χ1n) is 10.2. The summed E-state index contributed by atoms with van der Waals surface area (Å²) in [4.78, 5) is 23.2. The van der Waals surface area contributed by atoms with Crippen LogP contribution in [0.4, 0.5) is 5.82 Å². The summed E-state index contributed by atoms with van der Waals surface area (Å²) in [5, 5.41) is 1.08. The van der Waals surface area contributed by atoms with Crippen molar-refractivity contribution in [3.8, 4) is 11.4 Å². The monoisotopic (exact) mass is 400 g/mol. The highest BCUT2D eigenvalue weighted by Crippen LogP contribution is 2.28. The highest BCUT2D eigenvalue weighted by molar-refractivity contribution is 5.91. The second-order valence-electron chi connectivity index (χ2n) is 7.64. The van der Waals surface area contributed by atoms with Gasteiger partial charge in [0.05, 0.1) is 17.8 Å². The summed E-state index contributed by atoms with van der Waals surface area (Å²) < 4.78 is 5.76. The number of hydrogen-bond acceptors (Lipinski definition) is 7. The van der Waals surface area contributed by atoms with Gasteiger partial charge in [0, 0.05) is 49.5 Å². The fourth-order valence-corrected chi connectivity index (χ4v) is 3.84. The van der Waals surface area contributed by atoms with E-state index in [0.29, 0.717) is 5.82 Å². The van der Waals surface area contributed by atoms with Crippen LogP contribution >= 0.6 is 0 Å². The Morgan fingerprint density at radius 3 is 2.50 bits per heavy atom. The third kappa shape index (κ3) is 3.64. The Bertz CT molecular complexity index is 1150. The Hall–Kier alpha value is -3.32. The van der Waals surface area contributed by atoms with E-state index in [1.807, 2.05) is 50.4 Å². The molecule has 0 N–H and O–H groups in total. The Balaban J connectivity index is 1.39. The van der Waals surface area contributed by atoms with E-state index < -0.39 is 0 Å². The SMILES string of the molecule is Cc1nc(CN2CCN(c3nc(-c4cccnc4)nc4ccccc34)CC2)oc1C. The highest BCUT2D eigenvalue weighted by Gasteiger charge is 2.22.